The molecule has 0 radical (unpaired) electrons. The second-order valence-corrected chi connectivity index (χ2v) is 3.70. The van der Waals surface area contributed by atoms with E-state index in [4.69, 9.17) is 5.73 Å². The summed E-state index contributed by atoms with van der Waals surface area (Å²) in [6.45, 7) is 2.52. The van der Waals surface area contributed by atoms with E-state index < -0.39 is 0 Å². The highest BCUT2D eigenvalue weighted by Crippen LogP contribution is 2.13. The fraction of sp³-hybridized carbons (Fsp3) is 0.250. The monoisotopic (exact) mass is 219 g/mol. The molecule has 1 aromatic carbocycles. The van der Waals surface area contributed by atoms with Crippen LogP contribution in [-0.2, 0) is 6.42 Å². The molecule has 2 aromatic rings. The molecule has 0 saturated carbocycles. The predicted octanol–water partition coefficient (Wildman–Crippen LogP) is 1.82. The Bertz CT molecular complexity index is 491. The van der Waals surface area contributed by atoms with Gasteiger partial charge in [0.1, 0.15) is 5.82 Å². The van der Waals surface area contributed by atoms with Crippen LogP contribution in [0.3, 0.4) is 0 Å². The van der Waals surface area contributed by atoms with Crippen molar-refractivity contribution in [3.8, 4) is 5.69 Å². The van der Waals surface area contributed by atoms with Crippen LogP contribution in [0.15, 0.2) is 30.5 Å². The zero-order valence-electron chi connectivity index (χ0n) is 9.15. The van der Waals surface area contributed by atoms with E-state index in [-0.39, 0.29) is 5.82 Å². The van der Waals surface area contributed by atoms with E-state index in [1.807, 2.05) is 19.2 Å². The number of aryl methyl sites for hydroxylation is 1. The summed E-state index contributed by atoms with van der Waals surface area (Å²) in [5.41, 5.74) is 8.28. The molecule has 84 valence electrons. The van der Waals surface area contributed by atoms with Gasteiger partial charge in [0.15, 0.2) is 0 Å². The first-order valence-corrected chi connectivity index (χ1v) is 5.22. The van der Waals surface area contributed by atoms with Crippen molar-refractivity contribution in [2.75, 3.05) is 6.54 Å². The van der Waals surface area contributed by atoms with Crippen LogP contribution in [0.25, 0.3) is 5.69 Å². The Morgan fingerprint density at radius 3 is 2.94 bits per heavy atom. The van der Waals surface area contributed by atoms with Crippen LogP contribution in [0.1, 0.15) is 11.3 Å². The minimum atomic E-state index is -0.258. The number of nitrogens with zero attached hydrogens (tertiary/aromatic N) is 2. The minimum absolute atomic E-state index is 0.258. The highest BCUT2D eigenvalue weighted by molar-refractivity contribution is 5.33. The quantitative estimate of drug-likeness (QED) is 0.855. The lowest BCUT2D eigenvalue weighted by atomic mass is 10.2. The molecule has 0 aliphatic carbocycles. The van der Waals surface area contributed by atoms with Crippen LogP contribution < -0.4 is 5.73 Å². The van der Waals surface area contributed by atoms with Gasteiger partial charge in [0.2, 0.25) is 0 Å². The lowest BCUT2D eigenvalue weighted by Gasteiger charge is -2.00. The zero-order valence-corrected chi connectivity index (χ0v) is 9.15. The van der Waals surface area contributed by atoms with Gasteiger partial charge in [-0.1, -0.05) is 6.07 Å². The molecule has 2 rings (SSSR count). The van der Waals surface area contributed by atoms with E-state index in [9.17, 15) is 4.39 Å². The molecule has 0 bridgehead atoms. The molecule has 2 N–H and O–H groups in total. The van der Waals surface area contributed by atoms with Gasteiger partial charge in [-0.2, -0.15) is 5.10 Å². The Morgan fingerprint density at radius 1 is 1.44 bits per heavy atom. The van der Waals surface area contributed by atoms with Crippen LogP contribution in [0.2, 0.25) is 0 Å². The third-order valence-corrected chi connectivity index (χ3v) is 2.49. The largest absolute Gasteiger partial charge is 0.330 e. The number of benzene rings is 1. The van der Waals surface area contributed by atoms with Crippen molar-refractivity contribution in [2.24, 2.45) is 5.73 Å². The molecule has 0 spiro atoms. The Morgan fingerprint density at radius 2 is 2.25 bits per heavy atom. The molecule has 0 amide bonds. The average molecular weight is 219 g/mol. The van der Waals surface area contributed by atoms with Gasteiger partial charge in [0, 0.05) is 6.20 Å². The average Bonchev–Trinajstić information content (AvgIpc) is 2.61. The summed E-state index contributed by atoms with van der Waals surface area (Å²) < 4.78 is 14.7. The summed E-state index contributed by atoms with van der Waals surface area (Å²) in [5.74, 6) is -0.258. The van der Waals surface area contributed by atoms with Gasteiger partial charge in [0.25, 0.3) is 0 Å². The summed E-state index contributed by atoms with van der Waals surface area (Å²) in [5, 5.41) is 4.34. The molecule has 0 fully saturated rings. The smallest absolute Gasteiger partial charge is 0.125 e. The number of aromatic nitrogens is 2. The van der Waals surface area contributed by atoms with Crippen LogP contribution in [-0.4, -0.2) is 16.3 Å². The standard InChI is InChI=1S/C12H14FN3/c1-9-10(5-6-14)8-16(15-9)12-4-2-3-11(13)7-12/h2-4,7-8H,5-6,14H2,1H3. The fourth-order valence-electron chi connectivity index (χ4n) is 1.65. The summed E-state index contributed by atoms with van der Waals surface area (Å²) >= 11 is 0. The highest BCUT2D eigenvalue weighted by Gasteiger charge is 2.05. The molecular weight excluding hydrogens is 205 g/mol. The summed E-state index contributed by atoms with van der Waals surface area (Å²) in [7, 11) is 0. The van der Waals surface area contributed by atoms with Gasteiger partial charge >= 0.3 is 0 Å². The van der Waals surface area contributed by atoms with Crippen molar-refractivity contribution in [1.29, 1.82) is 0 Å². The maximum Gasteiger partial charge on any atom is 0.125 e. The molecule has 0 atom stereocenters. The Kier molecular flexibility index (Phi) is 3.01. The molecule has 0 aliphatic rings. The first kappa shape index (κ1) is 10.8. The first-order chi connectivity index (χ1) is 7.70. The van der Waals surface area contributed by atoms with Crippen LogP contribution in [0, 0.1) is 12.7 Å². The normalized spacial score (nSPS) is 10.7. The molecule has 16 heavy (non-hydrogen) atoms. The van der Waals surface area contributed by atoms with Crippen LogP contribution in [0.5, 0.6) is 0 Å². The summed E-state index contributed by atoms with van der Waals surface area (Å²) in [6.07, 6.45) is 2.69. The number of rotatable bonds is 3. The van der Waals surface area contributed by atoms with E-state index in [0.29, 0.717) is 6.54 Å². The predicted molar refractivity (Wildman–Crippen MR) is 61.0 cm³/mol. The van der Waals surface area contributed by atoms with Crippen LogP contribution >= 0.6 is 0 Å². The Labute approximate surface area is 93.7 Å². The van der Waals surface area contributed by atoms with Gasteiger partial charge in [-0.3, -0.25) is 0 Å². The van der Waals surface area contributed by atoms with E-state index in [1.54, 1.807) is 10.7 Å². The molecule has 4 heteroatoms. The van der Waals surface area contributed by atoms with Crippen molar-refractivity contribution in [3.05, 3.63) is 47.5 Å². The zero-order chi connectivity index (χ0) is 11.5. The van der Waals surface area contributed by atoms with Gasteiger partial charge in [0.05, 0.1) is 11.4 Å². The second kappa shape index (κ2) is 4.45. The maximum absolute atomic E-state index is 13.0. The van der Waals surface area contributed by atoms with Gasteiger partial charge in [-0.15, -0.1) is 0 Å². The van der Waals surface area contributed by atoms with Crippen molar-refractivity contribution in [2.45, 2.75) is 13.3 Å². The second-order valence-electron chi connectivity index (χ2n) is 3.70. The van der Waals surface area contributed by atoms with E-state index in [1.165, 1.54) is 12.1 Å². The Hall–Kier alpha value is -1.68. The SMILES string of the molecule is Cc1nn(-c2cccc(F)c2)cc1CCN. The van der Waals surface area contributed by atoms with E-state index in [2.05, 4.69) is 5.10 Å². The highest BCUT2D eigenvalue weighted by atomic mass is 19.1. The van der Waals surface area contributed by atoms with Gasteiger partial charge in [-0.25, -0.2) is 9.07 Å². The topological polar surface area (TPSA) is 43.8 Å². The maximum atomic E-state index is 13.0. The lowest BCUT2D eigenvalue weighted by molar-refractivity contribution is 0.625. The van der Waals surface area contributed by atoms with Crippen molar-refractivity contribution in [1.82, 2.24) is 9.78 Å². The van der Waals surface area contributed by atoms with E-state index >= 15 is 0 Å². The third-order valence-electron chi connectivity index (χ3n) is 2.49. The van der Waals surface area contributed by atoms with Crippen molar-refractivity contribution in [3.63, 3.8) is 0 Å². The van der Waals surface area contributed by atoms with Gasteiger partial charge < -0.3 is 5.73 Å². The van der Waals surface area contributed by atoms with Gasteiger partial charge in [-0.05, 0) is 43.7 Å². The summed E-state index contributed by atoms with van der Waals surface area (Å²) in [6, 6.07) is 6.37. The minimum Gasteiger partial charge on any atom is -0.330 e. The van der Waals surface area contributed by atoms with Crippen molar-refractivity contribution < 1.29 is 4.39 Å². The molecule has 0 saturated heterocycles. The lowest BCUT2D eigenvalue weighted by Crippen LogP contribution is -2.02. The third kappa shape index (κ3) is 2.12. The number of nitrogens with two attached hydrogens (primary N) is 1. The molecule has 3 nitrogen and oxygen atoms in total. The number of hydrogen-bond donors (Lipinski definition) is 1. The van der Waals surface area contributed by atoms with E-state index in [0.717, 1.165) is 23.4 Å². The molecular formula is C12H14FN3. The molecule has 1 heterocycles. The number of halogens is 1. The fourth-order valence-corrected chi connectivity index (χ4v) is 1.65. The Balaban J connectivity index is 2.37. The summed E-state index contributed by atoms with van der Waals surface area (Å²) in [4.78, 5) is 0. The number of hydrogen-bond acceptors (Lipinski definition) is 2. The van der Waals surface area contributed by atoms with Crippen LogP contribution in [0.4, 0.5) is 4.39 Å². The first-order valence-electron chi connectivity index (χ1n) is 5.22. The van der Waals surface area contributed by atoms with Crippen molar-refractivity contribution >= 4 is 0 Å². The molecule has 0 unspecified atom stereocenters. The molecule has 1 aromatic heterocycles. The molecule has 0 aliphatic heterocycles.